The van der Waals surface area contributed by atoms with Gasteiger partial charge in [0, 0.05) is 12.5 Å². The first-order chi connectivity index (χ1) is 11.5. The molecule has 3 rings (SSSR count). The predicted molar refractivity (Wildman–Crippen MR) is 97.0 cm³/mol. The highest BCUT2D eigenvalue weighted by Crippen LogP contribution is 2.29. The largest absolute Gasteiger partial charge is 0.496 e. The lowest BCUT2D eigenvalue weighted by atomic mass is 10.1. The monoisotopic (exact) mass is 408 g/mol. The van der Waals surface area contributed by atoms with Crippen LogP contribution in [0.5, 0.6) is 5.75 Å². The van der Waals surface area contributed by atoms with Crippen LogP contribution in [0.1, 0.15) is 5.56 Å². The van der Waals surface area contributed by atoms with Gasteiger partial charge in [-0.2, -0.15) is 0 Å². The number of methoxy groups -OCH3 is 1. The number of halogens is 1. The normalized spacial score (nSPS) is 14.6. The van der Waals surface area contributed by atoms with Gasteiger partial charge < -0.3 is 4.74 Å². The Labute approximate surface area is 150 Å². The van der Waals surface area contributed by atoms with E-state index in [2.05, 4.69) is 20.9 Å². The van der Waals surface area contributed by atoms with Crippen LogP contribution in [0.2, 0.25) is 0 Å². The summed E-state index contributed by atoms with van der Waals surface area (Å²) in [4.78, 5) is 4.59. The summed E-state index contributed by atoms with van der Waals surface area (Å²) < 4.78 is 33.3. The third-order valence-electron chi connectivity index (χ3n) is 3.80. The zero-order valence-electron chi connectivity index (χ0n) is 13.1. The van der Waals surface area contributed by atoms with Crippen molar-refractivity contribution in [2.75, 3.05) is 20.2 Å². The van der Waals surface area contributed by atoms with Gasteiger partial charge in [-0.15, -0.1) is 0 Å². The Kier molecular flexibility index (Phi) is 4.91. The number of hydrogen-bond donors (Lipinski definition) is 0. The first kappa shape index (κ1) is 17.0. The van der Waals surface area contributed by atoms with Crippen LogP contribution in [-0.4, -0.2) is 38.8 Å². The molecule has 24 heavy (non-hydrogen) atoms. The van der Waals surface area contributed by atoms with Gasteiger partial charge in [-0.05, 0) is 33.6 Å². The minimum atomic E-state index is -3.66. The predicted octanol–water partition coefficient (Wildman–Crippen LogP) is 3.10. The van der Waals surface area contributed by atoms with Crippen LogP contribution in [0, 0.1) is 0 Å². The van der Waals surface area contributed by atoms with E-state index in [1.807, 2.05) is 30.3 Å². The molecule has 2 aromatic rings. The quantitative estimate of drug-likeness (QED) is 0.763. The van der Waals surface area contributed by atoms with Crippen molar-refractivity contribution in [2.24, 2.45) is 4.99 Å². The van der Waals surface area contributed by atoms with Crippen molar-refractivity contribution in [3.05, 3.63) is 58.6 Å². The molecule has 0 saturated carbocycles. The lowest BCUT2D eigenvalue weighted by Crippen LogP contribution is -2.35. The summed E-state index contributed by atoms with van der Waals surface area (Å²) in [6.07, 6.45) is 0.494. The number of rotatable bonds is 5. The molecule has 5 nitrogen and oxygen atoms in total. The maximum Gasteiger partial charge on any atom is 0.265 e. The molecule has 7 heteroatoms. The highest BCUT2D eigenvalue weighted by atomic mass is 79.9. The molecule has 0 N–H and O–H groups in total. The molecule has 0 spiro atoms. The van der Waals surface area contributed by atoms with Crippen LogP contribution in [0.15, 0.2) is 62.9 Å². The Morgan fingerprint density at radius 3 is 2.67 bits per heavy atom. The molecule has 0 aliphatic carbocycles. The van der Waals surface area contributed by atoms with Crippen molar-refractivity contribution in [3.8, 4) is 5.75 Å². The molecule has 126 valence electrons. The standard InChI is InChI=1S/C17H17BrN2O3S/c1-23-16-12-14(7-8-15(16)18)24(21,22)20-10-9-19-17(20)11-13-5-3-2-4-6-13/h2-8,12H,9-11H2,1H3. The average Bonchev–Trinajstić information content (AvgIpc) is 3.05. The van der Waals surface area contributed by atoms with Crippen molar-refractivity contribution < 1.29 is 13.2 Å². The number of ether oxygens (including phenoxy) is 1. The third kappa shape index (κ3) is 3.32. The van der Waals surface area contributed by atoms with Crippen LogP contribution in [0.3, 0.4) is 0 Å². The molecule has 0 unspecified atom stereocenters. The lowest BCUT2D eigenvalue weighted by molar-refractivity contribution is 0.410. The van der Waals surface area contributed by atoms with Gasteiger partial charge in [-0.25, -0.2) is 8.42 Å². The number of sulfonamides is 1. The number of amidine groups is 1. The molecular formula is C17H17BrN2O3S. The van der Waals surface area contributed by atoms with E-state index < -0.39 is 10.0 Å². The molecular weight excluding hydrogens is 392 g/mol. The Hall–Kier alpha value is -1.86. The molecule has 1 aliphatic heterocycles. The van der Waals surface area contributed by atoms with Gasteiger partial charge in [0.25, 0.3) is 10.0 Å². The van der Waals surface area contributed by atoms with Gasteiger partial charge in [-0.3, -0.25) is 9.30 Å². The summed E-state index contributed by atoms with van der Waals surface area (Å²) in [5.74, 6) is 1.06. The molecule has 0 saturated heterocycles. The summed E-state index contributed by atoms with van der Waals surface area (Å²) in [5.41, 5.74) is 1.03. The minimum Gasteiger partial charge on any atom is -0.496 e. The van der Waals surface area contributed by atoms with Gasteiger partial charge >= 0.3 is 0 Å². The van der Waals surface area contributed by atoms with Gasteiger partial charge in [-0.1, -0.05) is 30.3 Å². The Bertz CT molecular complexity index is 867. The van der Waals surface area contributed by atoms with Gasteiger partial charge in [0.15, 0.2) is 0 Å². The summed E-state index contributed by atoms with van der Waals surface area (Å²) in [7, 11) is -2.15. The fraction of sp³-hybridized carbons (Fsp3) is 0.235. The lowest BCUT2D eigenvalue weighted by Gasteiger charge is -2.21. The fourth-order valence-corrected chi connectivity index (χ4v) is 4.47. The van der Waals surface area contributed by atoms with Gasteiger partial charge in [0.05, 0.1) is 29.6 Å². The second-order valence-electron chi connectivity index (χ2n) is 5.33. The highest BCUT2D eigenvalue weighted by Gasteiger charge is 2.31. The minimum absolute atomic E-state index is 0.199. The highest BCUT2D eigenvalue weighted by molar-refractivity contribution is 9.10. The first-order valence-electron chi connectivity index (χ1n) is 7.46. The maximum absolute atomic E-state index is 13.0. The molecule has 0 aromatic heterocycles. The molecule has 0 bridgehead atoms. The van der Waals surface area contributed by atoms with Crippen molar-refractivity contribution in [1.29, 1.82) is 0 Å². The Morgan fingerprint density at radius 2 is 1.96 bits per heavy atom. The molecule has 0 fully saturated rings. The van der Waals surface area contributed by atoms with Crippen LogP contribution < -0.4 is 4.74 Å². The van der Waals surface area contributed by atoms with Crippen molar-refractivity contribution >= 4 is 31.8 Å². The number of hydrogen-bond acceptors (Lipinski definition) is 4. The summed E-state index contributed by atoms with van der Waals surface area (Å²) >= 11 is 3.34. The van der Waals surface area contributed by atoms with Crippen molar-refractivity contribution in [2.45, 2.75) is 11.3 Å². The zero-order valence-corrected chi connectivity index (χ0v) is 15.5. The average molecular weight is 409 g/mol. The van der Waals surface area contributed by atoms with E-state index in [-0.39, 0.29) is 4.90 Å². The topological polar surface area (TPSA) is 59.0 Å². The molecule has 0 radical (unpaired) electrons. The first-order valence-corrected chi connectivity index (χ1v) is 9.69. The van der Waals surface area contributed by atoms with Crippen molar-refractivity contribution in [1.82, 2.24) is 4.31 Å². The molecule has 0 atom stereocenters. The van der Waals surface area contributed by atoms with E-state index in [1.165, 1.54) is 17.5 Å². The SMILES string of the molecule is COc1cc(S(=O)(=O)N2CCN=C2Cc2ccccc2)ccc1Br. The van der Waals surface area contributed by atoms with E-state index in [9.17, 15) is 8.42 Å². The summed E-state index contributed by atoms with van der Waals surface area (Å²) in [5, 5.41) is 0. The molecule has 2 aromatic carbocycles. The number of aliphatic imine (C=N–C) groups is 1. The molecule has 1 heterocycles. The van der Waals surface area contributed by atoms with E-state index >= 15 is 0 Å². The smallest absolute Gasteiger partial charge is 0.265 e. The van der Waals surface area contributed by atoms with E-state index in [4.69, 9.17) is 4.74 Å². The summed E-state index contributed by atoms with van der Waals surface area (Å²) in [6, 6.07) is 14.5. The fourth-order valence-electron chi connectivity index (χ4n) is 2.59. The van der Waals surface area contributed by atoms with E-state index in [1.54, 1.807) is 12.1 Å². The maximum atomic E-state index is 13.0. The van der Waals surface area contributed by atoms with Crippen molar-refractivity contribution in [3.63, 3.8) is 0 Å². The van der Waals surface area contributed by atoms with Crippen LogP contribution in [-0.2, 0) is 16.4 Å². The van der Waals surface area contributed by atoms with E-state index in [0.717, 1.165) is 5.56 Å². The second-order valence-corrected chi connectivity index (χ2v) is 8.05. The third-order valence-corrected chi connectivity index (χ3v) is 6.28. The summed E-state index contributed by atoms with van der Waals surface area (Å²) in [6.45, 7) is 0.845. The van der Waals surface area contributed by atoms with E-state index in [0.29, 0.717) is 35.6 Å². The van der Waals surface area contributed by atoms with Gasteiger partial charge in [0.2, 0.25) is 0 Å². The molecule has 1 aliphatic rings. The van der Waals surface area contributed by atoms with Gasteiger partial charge in [0.1, 0.15) is 11.6 Å². The van der Waals surface area contributed by atoms with Crippen LogP contribution in [0.25, 0.3) is 0 Å². The second kappa shape index (κ2) is 6.94. The Morgan fingerprint density at radius 1 is 1.21 bits per heavy atom. The molecule has 0 amide bonds. The van der Waals surface area contributed by atoms with Crippen LogP contribution in [0.4, 0.5) is 0 Å². The number of benzene rings is 2. The number of nitrogens with zero attached hydrogens (tertiary/aromatic N) is 2. The van der Waals surface area contributed by atoms with Crippen LogP contribution >= 0.6 is 15.9 Å². The Balaban J connectivity index is 1.90. The zero-order chi connectivity index (χ0) is 17.2.